The van der Waals surface area contributed by atoms with Crippen molar-refractivity contribution in [3.8, 4) is 0 Å². The Balaban J connectivity index is 0.00000363. The minimum atomic E-state index is -0.00938. The van der Waals surface area contributed by atoms with Gasteiger partial charge >= 0.3 is 0 Å². The number of guanidine groups is 1. The van der Waals surface area contributed by atoms with Crippen molar-refractivity contribution in [3.05, 3.63) is 59.5 Å². The number of nitrogens with zero attached hydrogens (tertiary/aromatic N) is 4. The Labute approximate surface area is 208 Å². The Morgan fingerprint density at radius 2 is 1.84 bits per heavy atom. The van der Waals surface area contributed by atoms with E-state index in [4.69, 9.17) is 4.42 Å². The number of aryl methyl sites for hydroxylation is 1. The van der Waals surface area contributed by atoms with E-state index in [0.29, 0.717) is 12.6 Å². The molecule has 7 nitrogen and oxygen atoms in total. The summed E-state index contributed by atoms with van der Waals surface area (Å²) in [7, 11) is 5.51. The summed E-state index contributed by atoms with van der Waals surface area (Å²) in [6.45, 7) is 5.85. The van der Waals surface area contributed by atoms with Gasteiger partial charge in [-0.25, -0.2) is 4.99 Å². The molecule has 2 heterocycles. The van der Waals surface area contributed by atoms with E-state index in [0.717, 1.165) is 49.8 Å². The molecular formula is C24H36IN5O2. The maximum atomic E-state index is 12.1. The Bertz CT molecular complexity index is 860. The van der Waals surface area contributed by atoms with E-state index >= 15 is 0 Å². The first-order chi connectivity index (χ1) is 14.9. The summed E-state index contributed by atoms with van der Waals surface area (Å²) < 4.78 is 5.43. The molecule has 2 aromatic rings. The van der Waals surface area contributed by atoms with Gasteiger partial charge in [0.1, 0.15) is 12.3 Å². The van der Waals surface area contributed by atoms with Crippen LogP contribution in [0.5, 0.6) is 0 Å². The van der Waals surface area contributed by atoms with Crippen molar-refractivity contribution in [1.29, 1.82) is 0 Å². The highest BCUT2D eigenvalue weighted by atomic mass is 127. The van der Waals surface area contributed by atoms with Crippen molar-refractivity contribution >= 4 is 35.8 Å². The zero-order valence-corrected chi connectivity index (χ0v) is 21.9. The monoisotopic (exact) mass is 553 g/mol. The molecule has 3 rings (SSSR count). The molecule has 176 valence electrons. The summed E-state index contributed by atoms with van der Waals surface area (Å²) in [5.74, 6) is 1.66. The maximum Gasteiger partial charge on any atom is 0.243 e. The lowest BCUT2D eigenvalue weighted by atomic mass is 10.0. The molecule has 32 heavy (non-hydrogen) atoms. The lowest BCUT2D eigenvalue weighted by Gasteiger charge is -2.34. The van der Waals surface area contributed by atoms with Gasteiger partial charge in [0.05, 0.1) is 6.26 Å². The molecule has 1 fully saturated rings. The van der Waals surface area contributed by atoms with Gasteiger partial charge in [0, 0.05) is 58.9 Å². The number of halogens is 1. The number of aliphatic imine (C=N–C) groups is 1. The number of likely N-dealkylation sites (tertiary alicyclic amines) is 1. The van der Waals surface area contributed by atoms with E-state index in [2.05, 4.69) is 50.4 Å². The van der Waals surface area contributed by atoms with Gasteiger partial charge in [0.2, 0.25) is 5.91 Å². The van der Waals surface area contributed by atoms with Gasteiger partial charge in [-0.3, -0.25) is 9.69 Å². The number of amides is 1. The topological polar surface area (TPSA) is 64.3 Å². The molecule has 1 aromatic carbocycles. The van der Waals surface area contributed by atoms with Gasteiger partial charge in [0.25, 0.3) is 0 Å². The predicted octanol–water partition coefficient (Wildman–Crippen LogP) is 3.34. The molecule has 0 spiro atoms. The maximum absolute atomic E-state index is 12.1. The van der Waals surface area contributed by atoms with Gasteiger partial charge in [0.15, 0.2) is 5.96 Å². The van der Waals surface area contributed by atoms with Crippen molar-refractivity contribution in [2.45, 2.75) is 38.9 Å². The van der Waals surface area contributed by atoms with E-state index in [9.17, 15) is 4.79 Å². The highest BCUT2D eigenvalue weighted by molar-refractivity contribution is 14.0. The highest BCUT2D eigenvalue weighted by Gasteiger charge is 2.22. The Kier molecular flexibility index (Phi) is 10.5. The Hall–Kier alpha value is -2.07. The second kappa shape index (κ2) is 12.8. The van der Waals surface area contributed by atoms with E-state index < -0.39 is 0 Å². The molecule has 1 aliphatic rings. The van der Waals surface area contributed by atoms with Crippen LogP contribution in [0, 0.1) is 6.92 Å². The first-order valence-electron chi connectivity index (χ1n) is 10.9. The predicted molar refractivity (Wildman–Crippen MR) is 139 cm³/mol. The van der Waals surface area contributed by atoms with Crippen LogP contribution in [0.2, 0.25) is 0 Å². The number of nitrogens with one attached hydrogen (secondary N) is 1. The molecule has 0 bridgehead atoms. The largest absolute Gasteiger partial charge is 0.469 e. The van der Waals surface area contributed by atoms with Crippen molar-refractivity contribution in [1.82, 2.24) is 20.0 Å². The molecule has 0 saturated carbocycles. The molecule has 1 aromatic heterocycles. The number of piperidine rings is 1. The van der Waals surface area contributed by atoms with Crippen molar-refractivity contribution in [2.24, 2.45) is 4.99 Å². The van der Waals surface area contributed by atoms with Crippen molar-refractivity contribution in [2.75, 3.05) is 40.8 Å². The zero-order valence-electron chi connectivity index (χ0n) is 19.6. The molecule has 0 unspecified atom stereocenters. The number of benzene rings is 1. The highest BCUT2D eigenvalue weighted by Crippen LogP contribution is 2.15. The van der Waals surface area contributed by atoms with Crippen LogP contribution in [0.3, 0.4) is 0 Å². The fourth-order valence-electron chi connectivity index (χ4n) is 3.73. The minimum absolute atomic E-state index is 0. The Morgan fingerprint density at radius 3 is 2.44 bits per heavy atom. The van der Waals surface area contributed by atoms with E-state index in [1.165, 1.54) is 5.56 Å². The summed E-state index contributed by atoms with van der Waals surface area (Å²) in [6.07, 6.45) is 3.80. The smallest absolute Gasteiger partial charge is 0.243 e. The fourth-order valence-corrected chi connectivity index (χ4v) is 3.73. The molecule has 1 aliphatic heterocycles. The third-order valence-electron chi connectivity index (χ3n) is 5.77. The third-order valence-corrected chi connectivity index (χ3v) is 5.77. The average Bonchev–Trinajstić information content (AvgIpc) is 3.17. The van der Waals surface area contributed by atoms with Crippen LogP contribution in [0.25, 0.3) is 0 Å². The average molecular weight is 553 g/mol. The van der Waals surface area contributed by atoms with Crippen LogP contribution in [0.15, 0.2) is 52.1 Å². The van der Waals surface area contributed by atoms with Crippen LogP contribution in [0.1, 0.15) is 29.7 Å². The fraction of sp³-hybridized carbons (Fsp3) is 0.500. The molecule has 0 aliphatic carbocycles. The summed E-state index contributed by atoms with van der Waals surface area (Å²) in [4.78, 5) is 22.9. The normalized spacial score (nSPS) is 15.2. The van der Waals surface area contributed by atoms with Gasteiger partial charge in [-0.1, -0.05) is 30.3 Å². The molecular weight excluding hydrogens is 517 g/mol. The molecule has 1 N–H and O–H groups in total. The number of hydrogen-bond donors (Lipinski definition) is 1. The van der Waals surface area contributed by atoms with E-state index in [1.54, 1.807) is 25.3 Å². The lowest BCUT2D eigenvalue weighted by molar-refractivity contribution is -0.127. The molecule has 1 amide bonds. The number of rotatable bonds is 7. The molecule has 0 radical (unpaired) electrons. The SMILES string of the molecule is Cc1occc1CN(C)C(=NCC(=O)N(C)C)NC1CCN(Cc2ccccc2)CC1.I. The van der Waals surface area contributed by atoms with Gasteiger partial charge in [-0.2, -0.15) is 0 Å². The quantitative estimate of drug-likeness (QED) is 0.324. The first kappa shape index (κ1) is 26.2. The molecule has 1 saturated heterocycles. The number of carbonyl (C=O) groups is 1. The molecule has 0 atom stereocenters. The van der Waals surface area contributed by atoms with Gasteiger partial charge in [-0.05, 0) is 31.4 Å². The van der Waals surface area contributed by atoms with Crippen LogP contribution < -0.4 is 5.32 Å². The minimum Gasteiger partial charge on any atom is -0.469 e. The van der Waals surface area contributed by atoms with Crippen LogP contribution >= 0.6 is 24.0 Å². The zero-order chi connectivity index (χ0) is 22.2. The van der Waals surface area contributed by atoms with Crippen molar-refractivity contribution in [3.63, 3.8) is 0 Å². The van der Waals surface area contributed by atoms with Gasteiger partial charge in [-0.15, -0.1) is 24.0 Å². The number of hydrogen-bond acceptors (Lipinski definition) is 4. The van der Waals surface area contributed by atoms with Crippen LogP contribution in [-0.2, 0) is 17.9 Å². The number of likely N-dealkylation sites (N-methyl/N-ethyl adjacent to an activating group) is 1. The van der Waals surface area contributed by atoms with Gasteiger partial charge < -0.3 is 19.5 Å². The number of carbonyl (C=O) groups excluding carboxylic acids is 1. The summed E-state index contributed by atoms with van der Waals surface area (Å²) in [5, 5.41) is 3.61. The molecule has 8 heteroatoms. The van der Waals surface area contributed by atoms with Crippen molar-refractivity contribution < 1.29 is 9.21 Å². The number of furan rings is 1. The summed E-state index contributed by atoms with van der Waals surface area (Å²) >= 11 is 0. The first-order valence-corrected chi connectivity index (χ1v) is 10.9. The second-order valence-corrected chi connectivity index (χ2v) is 8.47. The summed E-state index contributed by atoms with van der Waals surface area (Å²) in [6, 6.07) is 12.9. The second-order valence-electron chi connectivity index (χ2n) is 8.47. The van der Waals surface area contributed by atoms with Crippen LogP contribution in [-0.4, -0.2) is 73.4 Å². The van der Waals surface area contributed by atoms with E-state index in [-0.39, 0.29) is 36.4 Å². The summed E-state index contributed by atoms with van der Waals surface area (Å²) in [5.41, 5.74) is 2.47. The van der Waals surface area contributed by atoms with Crippen LogP contribution in [0.4, 0.5) is 0 Å². The lowest BCUT2D eigenvalue weighted by Crippen LogP contribution is -2.49. The Morgan fingerprint density at radius 1 is 1.16 bits per heavy atom. The van der Waals surface area contributed by atoms with E-state index in [1.807, 2.05) is 20.0 Å². The third kappa shape index (κ3) is 7.81. The standard InChI is InChI=1S/C24H35N5O2.HI/c1-19-21(12-15-31-19)18-28(4)24(25-16-23(30)27(2)3)26-22-10-13-29(14-11-22)17-20-8-6-5-7-9-20;/h5-9,12,15,22H,10-11,13-14,16-18H2,1-4H3,(H,25,26);1H.